The van der Waals surface area contributed by atoms with Gasteiger partial charge in [0, 0.05) is 57.3 Å². The minimum Gasteiger partial charge on any atom is -0.329 e. The molecule has 0 bridgehead atoms. The van der Waals surface area contributed by atoms with E-state index in [1.807, 2.05) is 0 Å². The molecular weight excluding hydrogens is 180 g/mol. The highest BCUT2D eigenvalue weighted by molar-refractivity contribution is 4.72. The summed E-state index contributed by atoms with van der Waals surface area (Å²) in [6, 6.07) is 0. The molecule has 0 aromatic heterocycles. The Labute approximate surface area is 84.3 Å². The SMILES string of the molecule is [N-]=[N+]=NCCN1CCN(CCN)CC1. The van der Waals surface area contributed by atoms with Crippen LogP contribution in [0.1, 0.15) is 0 Å². The topological polar surface area (TPSA) is 81.3 Å². The second-order valence-electron chi connectivity index (χ2n) is 3.43. The molecule has 0 aliphatic carbocycles. The van der Waals surface area contributed by atoms with Crippen LogP contribution in [0.5, 0.6) is 0 Å². The van der Waals surface area contributed by atoms with Crippen LogP contribution in [-0.2, 0) is 0 Å². The molecule has 6 nitrogen and oxygen atoms in total. The number of hydrogen-bond acceptors (Lipinski definition) is 4. The van der Waals surface area contributed by atoms with Crippen LogP contribution in [0.4, 0.5) is 0 Å². The smallest absolute Gasteiger partial charge is 0.0385 e. The first-order valence-electron chi connectivity index (χ1n) is 5.02. The molecule has 1 heterocycles. The molecule has 0 spiro atoms. The van der Waals surface area contributed by atoms with Gasteiger partial charge in [-0.15, -0.1) is 0 Å². The van der Waals surface area contributed by atoms with Crippen LogP contribution in [0, 0.1) is 0 Å². The van der Waals surface area contributed by atoms with E-state index in [0.717, 1.165) is 45.8 Å². The lowest BCUT2D eigenvalue weighted by Gasteiger charge is -2.34. The normalized spacial score (nSPS) is 19.2. The maximum absolute atomic E-state index is 8.13. The van der Waals surface area contributed by atoms with Gasteiger partial charge >= 0.3 is 0 Å². The summed E-state index contributed by atoms with van der Waals surface area (Å²) in [5, 5.41) is 3.53. The van der Waals surface area contributed by atoms with Gasteiger partial charge in [-0.2, -0.15) is 0 Å². The highest BCUT2D eigenvalue weighted by Gasteiger charge is 2.14. The Balaban J connectivity index is 2.12. The van der Waals surface area contributed by atoms with Crippen LogP contribution in [0.2, 0.25) is 0 Å². The van der Waals surface area contributed by atoms with Gasteiger partial charge in [-0.1, -0.05) is 5.11 Å². The molecule has 2 N–H and O–H groups in total. The van der Waals surface area contributed by atoms with E-state index in [1.165, 1.54) is 0 Å². The van der Waals surface area contributed by atoms with Crippen molar-refractivity contribution in [3.8, 4) is 0 Å². The van der Waals surface area contributed by atoms with Gasteiger partial charge in [0.1, 0.15) is 0 Å². The monoisotopic (exact) mass is 198 g/mol. The summed E-state index contributed by atoms with van der Waals surface area (Å²) >= 11 is 0. The van der Waals surface area contributed by atoms with E-state index in [2.05, 4.69) is 19.8 Å². The zero-order valence-electron chi connectivity index (χ0n) is 8.47. The molecular formula is C8H18N6. The molecule has 6 heteroatoms. The second kappa shape index (κ2) is 6.62. The summed E-state index contributed by atoms with van der Waals surface area (Å²) < 4.78 is 0. The molecule has 0 aromatic carbocycles. The summed E-state index contributed by atoms with van der Waals surface area (Å²) in [5.74, 6) is 0. The van der Waals surface area contributed by atoms with Crippen molar-refractivity contribution in [3.05, 3.63) is 10.4 Å². The lowest BCUT2D eigenvalue weighted by atomic mass is 10.3. The first kappa shape index (κ1) is 11.3. The average molecular weight is 198 g/mol. The molecule has 1 rings (SSSR count). The summed E-state index contributed by atoms with van der Waals surface area (Å²) in [6.45, 7) is 7.44. The quantitative estimate of drug-likeness (QED) is 0.379. The van der Waals surface area contributed by atoms with Gasteiger partial charge in [-0.05, 0) is 5.53 Å². The largest absolute Gasteiger partial charge is 0.329 e. The first-order chi connectivity index (χ1) is 6.86. The third-order valence-corrected chi connectivity index (χ3v) is 2.49. The fourth-order valence-electron chi connectivity index (χ4n) is 1.65. The lowest BCUT2D eigenvalue weighted by molar-refractivity contribution is 0.138. The van der Waals surface area contributed by atoms with E-state index in [4.69, 9.17) is 11.3 Å². The van der Waals surface area contributed by atoms with Gasteiger partial charge in [-0.3, -0.25) is 4.90 Å². The lowest BCUT2D eigenvalue weighted by Crippen LogP contribution is -2.48. The Kier molecular flexibility index (Phi) is 5.32. The van der Waals surface area contributed by atoms with Crippen molar-refractivity contribution >= 4 is 0 Å². The number of nitrogens with two attached hydrogens (primary N) is 1. The van der Waals surface area contributed by atoms with Crippen molar-refractivity contribution in [2.24, 2.45) is 10.8 Å². The Morgan fingerprint density at radius 3 is 2.21 bits per heavy atom. The van der Waals surface area contributed by atoms with Gasteiger partial charge in [-0.25, -0.2) is 0 Å². The summed E-state index contributed by atoms with van der Waals surface area (Å²) in [6.07, 6.45) is 0. The van der Waals surface area contributed by atoms with Crippen molar-refractivity contribution < 1.29 is 0 Å². The highest BCUT2D eigenvalue weighted by Crippen LogP contribution is 2.00. The maximum Gasteiger partial charge on any atom is 0.0385 e. The van der Waals surface area contributed by atoms with Gasteiger partial charge in [0.2, 0.25) is 0 Å². The van der Waals surface area contributed by atoms with Crippen LogP contribution in [0.3, 0.4) is 0 Å². The zero-order valence-corrected chi connectivity index (χ0v) is 8.47. The molecule has 14 heavy (non-hydrogen) atoms. The van der Waals surface area contributed by atoms with Crippen LogP contribution in [0.25, 0.3) is 10.4 Å². The minimum atomic E-state index is 0.577. The summed E-state index contributed by atoms with van der Waals surface area (Å²) in [4.78, 5) is 7.42. The highest BCUT2D eigenvalue weighted by atomic mass is 15.3. The van der Waals surface area contributed by atoms with Crippen molar-refractivity contribution in [1.29, 1.82) is 0 Å². The second-order valence-corrected chi connectivity index (χ2v) is 3.43. The Bertz CT molecular complexity index is 192. The fraction of sp³-hybridized carbons (Fsp3) is 1.00. The van der Waals surface area contributed by atoms with Gasteiger partial charge in [0.25, 0.3) is 0 Å². The van der Waals surface area contributed by atoms with E-state index >= 15 is 0 Å². The molecule has 1 saturated heterocycles. The molecule has 1 fully saturated rings. The van der Waals surface area contributed by atoms with Gasteiger partial charge < -0.3 is 10.6 Å². The molecule has 1 aliphatic heterocycles. The van der Waals surface area contributed by atoms with Crippen LogP contribution in [-0.4, -0.2) is 62.2 Å². The van der Waals surface area contributed by atoms with Gasteiger partial charge in [0.15, 0.2) is 0 Å². The van der Waals surface area contributed by atoms with E-state index < -0.39 is 0 Å². The molecule has 0 amide bonds. The number of nitrogens with zero attached hydrogens (tertiary/aromatic N) is 5. The van der Waals surface area contributed by atoms with Crippen molar-refractivity contribution in [3.63, 3.8) is 0 Å². The predicted molar refractivity (Wildman–Crippen MR) is 55.9 cm³/mol. The number of azide groups is 1. The fourth-order valence-corrected chi connectivity index (χ4v) is 1.65. The number of hydrogen-bond donors (Lipinski definition) is 1. The molecule has 0 radical (unpaired) electrons. The molecule has 0 atom stereocenters. The van der Waals surface area contributed by atoms with Crippen molar-refractivity contribution in [1.82, 2.24) is 9.80 Å². The summed E-state index contributed by atoms with van der Waals surface area (Å²) in [7, 11) is 0. The third-order valence-electron chi connectivity index (χ3n) is 2.49. The van der Waals surface area contributed by atoms with E-state index in [1.54, 1.807) is 0 Å². The molecule has 0 aromatic rings. The molecule has 80 valence electrons. The van der Waals surface area contributed by atoms with E-state index in [-0.39, 0.29) is 0 Å². The molecule has 0 unspecified atom stereocenters. The van der Waals surface area contributed by atoms with Crippen molar-refractivity contribution in [2.45, 2.75) is 0 Å². The Morgan fingerprint density at radius 1 is 1.14 bits per heavy atom. The average Bonchev–Trinajstić information content (AvgIpc) is 2.21. The first-order valence-corrected chi connectivity index (χ1v) is 5.02. The van der Waals surface area contributed by atoms with Crippen LogP contribution in [0.15, 0.2) is 5.11 Å². The standard InChI is InChI=1S/C8H18N6/c9-1-3-13-5-7-14(8-6-13)4-2-11-12-10/h1-9H2. The van der Waals surface area contributed by atoms with Gasteiger partial charge in [0.05, 0.1) is 0 Å². The summed E-state index contributed by atoms with van der Waals surface area (Å²) in [5.41, 5.74) is 13.6. The Hall–Kier alpha value is -0.810. The Morgan fingerprint density at radius 2 is 1.71 bits per heavy atom. The number of piperazine rings is 1. The third kappa shape index (κ3) is 3.93. The van der Waals surface area contributed by atoms with E-state index in [9.17, 15) is 0 Å². The van der Waals surface area contributed by atoms with E-state index in [0.29, 0.717) is 6.54 Å². The molecule has 1 aliphatic rings. The van der Waals surface area contributed by atoms with Crippen LogP contribution < -0.4 is 5.73 Å². The molecule has 0 saturated carbocycles. The maximum atomic E-state index is 8.13. The van der Waals surface area contributed by atoms with Crippen LogP contribution >= 0.6 is 0 Å². The predicted octanol–water partition coefficient (Wildman–Crippen LogP) is -0.127. The minimum absolute atomic E-state index is 0.577. The number of rotatable bonds is 5. The van der Waals surface area contributed by atoms with Crippen molar-refractivity contribution in [2.75, 3.05) is 52.4 Å². The zero-order chi connectivity index (χ0) is 10.2.